The van der Waals surface area contributed by atoms with Crippen molar-refractivity contribution in [2.24, 2.45) is 5.41 Å². The number of nitrogens with zero attached hydrogens (tertiary/aromatic N) is 3. The average Bonchev–Trinajstić information content (AvgIpc) is 2.78. The summed E-state index contributed by atoms with van der Waals surface area (Å²) >= 11 is 0. The maximum absolute atomic E-state index is 15.0. The smallest absolute Gasteiger partial charge is 0.337 e. The number of hydrogen-bond donors (Lipinski definition) is 1. The predicted molar refractivity (Wildman–Crippen MR) is 130 cm³/mol. The largest absolute Gasteiger partial charge is 0.478 e. The Balaban J connectivity index is 2.04. The van der Waals surface area contributed by atoms with Crippen LogP contribution in [0.5, 0.6) is 0 Å². The number of aromatic nitrogens is 2. The van der Waals surface area contributed by atoms with Gasteiger partial charge >= 0.3 is 11.9 Å². The molecule has 0 atom stereocenters. The zero-order chi connectivity index (χ0) is 25.9. The van der Waals surface area contributed by atoms with E-state index in [4.69, 9.17) is 11.2 Å². The molecule has 2 aromatic carbocycles. The number of halogens is 1. The van der Waals surface area contributed by atoms with Crippen LogP contribution >= 0.6 is 0 Å². The molecule has 1 N–H and O–H groups in total. The van der Waals surface area contributed by atoms with Crippen molar-refractivity contribution in [2.75, 3.05) is 11.4 Å². The fraction of sp³-hybridized carbons (Fsp3) is 0.308. The van der Waals surface area contributed by atoms with Crippen molar-refractivity contribution < 1.29 is 23.8 Å². The van der Waals surface area contributed by atoms with Crippen molar-refractivity contribution in [3.05, 3.63) is 69.5 Å². The highest BCUT2D eigenvalue weighted by atomic mass is 19.1. The highest BCUT2D eigenvalue weighted by molar-refractivity contribution is 5.94. The summed E-state index contributed by atoms with van der Waals surface area (Å²) in [5.41, 5.74) is -0.610. The molecule has 0 radical (unpaired) electrons. The van der Waals surface area contributed by atoms with Gasteiger partial charge in [0.1, 0.15) is 11.6 Å². The van der Waals surface area contributed by atoms with Crippen LogP contribution in [-0.2, 0) is 22.8 Å². The third-order valence-electron chi connectivity index (χ3n) is 5.37. The molecule has 0 aliphatic carbocycles. The van der Waals surface area contributed by atoms with Crippen LogP contribution in [0.15, 0.2) is 41.2 Å². The highest BCUT2D eigenvalue weighted by Gasteiger charge is 2.24. The fourth-order valence-corrected chi connectivity index (χ4v) is 3.48. The number of fused-ring (bicyclic) bond motifs is 1. The third-order valence-corrected chi connectivity index (χ3v) is 5.37. The van der Waals surface area contributed by atoms with Crippen LogP contribution in [0.3, 0.4) is 0 Å². The number of aryl methyl sites for hydroxylation is 1. The molecule has 0 unspecified atom stereocenters. The highest BCUT2D eigenvalue weighted by Crippen LogP contribution is 2.25. The molecule has 0 bridgehead atoms. The minimum Gasteiger partial charge on any atom is -0.478 e. The Bertz CT molecular complexity index is 1400. The number of hydrogen-bond acceptors (Lipinski definition) is 6. The second kappa shape index (κ2) is 9.97. The first kappa shape index (κ1) is 25.4. The van der Waals surface area contributed by atoms with E-state index in [2.05, 4.69) is 10.9 Å². The molecule has 9 heteroatoms. The molecule has 0 amide bonds. The van der Waals surface area contributed by atoms with Gasteiger partial charge in [0.15, 0.2) is 6.73 Å². The maximum atomic E-state index is 15.0. The van der Waals surface area contributed by atoms with Gasteiger partial charge in [-0.3, -0.25) is 14.2 Å². The molecule has 3 rings (SSSR count). The van der Waals surface area contributed by atoms with Crippen molar-refractivity contribution in [3.8, 4) is 12.3 Å². The summed E-state index contributed by atoms with van der Waals surface area (Å²) < 4.78 is 21.5. The van der Waals surface area contributed by atoms with Gasteiger partial charge in [0.05, 0.1) is 34.1 Å². The standard InChI is InChI=1S/C26H26FN3O5/c1-6-11-29(22-10-8-7-9-18(22)24(32)33)14-17-12-19-21(13-20(17)27)28-16(2)30(23(19)31)15-35-25(34)26(3,4)5/h1,7-10,12-13H,11,14-15H2,2-5H3,(H,32,33). The third kappa shape index (κ3) is 5.49. The Hall–Kier alpha value is -4.19. The monoisotopic (exact) mass is 479 g/mol. The number of esters is 1. The van der Waals surface area contributed by atoms with E-state index in [0.29, 0.717) is 5.69 Å². The number of carboxylic acid groups (broad SMARTS) is 1. The average molecular weight is 480 g/mol. The second-order valence-corrected chi connectivity index (χ2v) is 9.05. The van der Waals surface area contributed by atoms with Crippen LogP contribution in [-0.4, -0.2) is 33.1 Å². The number of rotatable bonds is 7. The first-order valence-electron chi connectivity index (χ1n) is 10.8. The molecule has 0 aliphatic rings. The molecule has 0 aliphatic heterocycles. The normalized spacial score (nSPS) is 11.2. The van der Waals surface area contributed by atoms with Crippen molar-refractivity contribution in [1.29, 1.82) is 0 Å². The van der Waals surface area contributed by atoms with Crippen LogP contribution in [0.2, 0.25) is 0 Å². The number of aromatic carboxylic acids is 1. The van der Waals surface area contributed by atoms with E-state index in [9.17, 15) is 19.5 Å². The molecule has 35 heavy (non-hydrogen) atoms. The Labute approximate surface area is 202 Å². The van der Waals surface area contributed by atoms with E-state index >= 15 is 4.39 Å². The van der Waals surface area contributed by atoms with Gasteiger partial charge < -0.3 is 14.7 Å². The van der Waals surface area contributed by atoms with E-state index in [1.54, 1.807) is 50.8 Å². The zero-order valence-electron chi connectivity index (χ0n) is 20.0. The quantitative estimate of drug-likeness (QED) is 0.407. The number of ether oxygens (including phenoxy) is 1. The second-order valence-electron chi connectivity index (χ2n) is 9.05. The van der Waals surface area contributed by atoms with Crippen LogP contribution in [0.4, 0.5) is 10.1 Å². The molecular weight excluding hydrogens is 453 g/mol. The van der Waals surface area contributed by atoms with Gasteiger partial charge in [0, 0.05) is 18.2 Å². The Kier molecular flexibility index (Phi) is 7.25. The first-order chi connectivity index (χ1) is 16.4. The van der Waals surface area contributed by atoms with E-state index in [1.165, 1.54) is 16.7 Å². The van der Waals surface area contributed by atoms with Crippen molar-refractivity contribution in [2.45, 2.75) is 41.0 Å². The number of anilines is 1. The van der Waals surface area contributed by atoms with Gasteiger partial charge in [-0.25, -0.2) is 14.2 Å². The predicted octanol–water partition coefficient (Wildman–Crippen LogP) is 3.73. The molecule has 0 fully saturated rings. The summed E-state index contributed by atoms with van der Waals surface area (Å²) in [5, 5.41) is 9.67. The molecule has 0 saturated heterocycles. The summed E-state index contributed by atoms with van der Waals surface area (Å²) in [4.78, 5) is 42.8. The van der Waals surface area contributed by atoms with Crippen molar-refractivity contribution >= 4 is 28.5 Å². The van der Waals surface area contributed by atoms with Gasteiger partial charge in [-0.05, 0) is 45.9 Å². The summed E-state index contributed by atoms with van der Waals surface area (Å²) in [6.45, 7) is 6.26. The van der Waals surface area contributed by atoms with Crippen LogP contribution in [0, 0.1) is 30.5 Å². The lowest BCUT2D eigenvalue weighted by Gasteiger charge is -2.24. The van der Waals surface area contributed by atoms with Crippen LogP contribution < -0.4 is 10.5 Å². The molecule has 182 valence electrons. The summed E-state index contributed by atoms with van der Waals surface area (Å²) in [7, 11) is 0. The van der Waals surface area contributed by atoms with E-state index in [0.717, 1.165) is 6.07 Å². The van der Waals surface area contributed by atoms with Gasteiger partial charge in [-0.15, -0.1) is 6.42 Å². The van der Waals surface area contributed by atoms with E-state index in [1.807, 2.05) is 0 Å². The molecule has 0 saturated carbocycles. The first-order valence-corrected chi connectivity index (χ1v) is 10.8. The molecule has 8 nitrogen and oxygen atoms in total. The lowest BCUT2D eigenvalue weighted by atomic mass is 9.98. The number of para-hydroxylation sites is 1. The lowest BCUT2D eigenvalue weighted by molar-refractivity contribution is -0.157. The minimum atomic E-state index is -1.14. The zero-order valence-corrected chi connectivity index (χ0v) is 20.0. The van der Waals surface area contributed by atoms with Crippen LogP contribution in [0.1, 0.15) is 42.5 Å². The topological polar surface area (TPSA) is 102 Å². The van der Waals surface area contributed by atoms with Gasteiger partial charge in [-0.1, -0.05) is 18.1 Å². The van der Waals surface area contributed by atoms with Crippen LogP contribution in [0.25, 0.3) is 10.9 Å². The fourth-order valence-electron chi connectivity index (χ4n) is 3.48. The molecule has 1 heterocycles. The Morgan fingerprint density at radius 1 is 1.26 bits per heavy atom. The Morgan fingerprint density at radius 2 is 1.94 bits per heavy atom. The molecule has 0 spiro atoms. The summed E-state index contributed by atoms with van der Waals surface area (Å²) in [6, 6.07) is 8.78. The number of carbonyl (C=O) groups is 2. The SMILES string of the molecule is C#CCN(Cc1cc2c(=O)n(COC(=O)C(C)(C)C)c(C)nc2cc1F)c1ccccc1C(=O)O. The lowest BCUT2D eigenvalue weighted by Crippen LogP contribution is -2.30. The number of terminal acetylenes is 1. The number of benzene rings is 2. The van der Waals surface area contributed by atoms with E-state index in [-0.39, 0.29) is 47.7 Å². The number of carbonyl (C=O) groups excluding carboxylic acids is 1. The van der Waals surface area contributed by atoms with Gasteiger partial charge in [0.25, 0.3) is 5.56 Å². The molecule has 3 aromatic rings. The Morgan fingerprint density at radius 3 is 2.57 bits per heavy atom. The maximum Gasteiger partial charge on any atom is 0.337 e. The van der Waals surface area contributed by atoms with Gasteiger partial charge in [-0.2, -0.15) is 0 Å². The summed E-state index contributed by atoms with van der Waals surface area (Å²) in [5.74, 6) is 0.485. The summed E-state index contributed by atoms with van der Waals surface area (Å²) in [6.07, 6.45) is 5.49. The molecule has 1 aromatic heterocycles. The minimum absolute atomic E-state index is 0.0148. The van der Waals surface area contributed by atoms with E-state index < -0.39 is 28.7 Å². The molecular formula is C26H26FN3O5. The number of carboxylic acids is 1. The van der Waals surface area contributed by atoms with Crippen molar-refractivity contribution in [1.82, 2.24) is 9.55 Å². The van der Waals surface area contributed by atoms with Crippen molar-refractivity contribution in [3.63, 3.8) is 0 Å². The van der Waals surface area contributed by atoms with Gasteiger partial charge in [0.2, 0.25) is 0 Å².